The molecule has 0 aromatic heterocycles. The highest BCUT2D eigenvalue weighted by Gasteiger charge is 2.15. The topological polar surface area (TPSA) is 88.4 Å². The number of hydrogen-bond donors (Lipinski definition) is 1. The summed E-state index contributed by atoms with van der Waals surface area (Å²) in [7, 11) is 1.31. The maximum absolute atomic E-state index is 12.1. The van der Waals surface area contributed by atoms with Gasteiger partial charge in [-0.1, -0.05) is 0 Å². The predicted octanol–water partition coefficient (Wildman–Crippen LogP) is 2.75. The van der Waals surface area contributed by atoms with Gasteiger partial charge in [0.05, 0.1) is 24.3 Å². The number of benzene rings is 2. The number of hydrogen-bond acceptors (Lipinski definition) is 5. The summed E-state index contributed by atoms with van der Waals surface area (Å²) < 4.78 is 10.1. The van der Waals surface area contributed by atoms with Crippen LogP contribution in [0.5, 0.6) is 5.75 Å². The number of rotatable bonds is 5. The van der Waals surface area contributed by atoms with Gasteiger partial charge in [0.1, 0.15) is 5.75 Å². The van der Waals surface area contributed by atoms with E-state index in [-0.39, 0.29) is 5.91 Å². The molecule has 122 valence electrons. The summed E-state index contributed by atoms with van der Waals surface area (Å²) in [5.74, 6) is -0.270. The van der Waals surface area contributed by atoms with Crippen LogP contribution in [0.3, 0.4) is 0 Å². The number of nitrogens with one attached hydrogen (secondary N) is 1. The second kappa shape index (κ2) is 7.79. The zero-order chi connectivity index (χ0) is 17.5. The number of nitrogens with zero attached hydrogens (tertiary/aromatic N) is 1. The molecule has 2 aromatic carbocycles. The molecule has 1 atom stereocenters. The molecule has 2 aromatic rings. The van der Waals surface area contributed by atoms with Crippen molar-refractivity contribution in [2.45, 2.75) is 13.0 Å². The molecular formula is C18H16N2O4. The SMILES string of the molecule is COC(=O)c1ccc(NC(=O)[C@@H](C)Oc2ccc(C#N)cc2)cc1. The first-order valence-corrected chi connectivity index (χ1v) is 7.19. The van der Waals surface area contributed by atoms with E-state index in [0.717, 1.165) is 0 Å². The molecule has 0 aliphatic heterocycles. The van der Waals surface area contributed by atoms with Crippen molar-refractivity contribution in [1.82, 2.24) is 0 Å². The lowest BCUT2D eigenvalue weighted by molar-refractivity contribution is -0.122. The minimum atomic E-state index is -0.724. The molecule has 0 spiro atoms. The van der Waals surface area contributed by atoms with E-state index < -0.39 is 12.1 Å². The highest BCUT2D eigenvalue weighted by molar-refractivity contribution is 5.95. The Morgan fingerprint density at radius 2 is 1.71 bits per heavy atom. The predicted molar refractivity (Wildman–Crippen MR) is 87.7 cm³/mol. The van der Waals surface area contributed by atoms with E-state index in [2.05, 4.69) is 10.1 Å². The Labute approximate surface area is 139 Å². The average molecular weight is 324 g/mol. The second-order valence-corrected chi connectivity index (χ2v) is 4.95. The van der Waals surface area contributed by atoms with Crippen LogP contribution in [0.25, 0.3) is 0 Å². The molecule has 0 aliphatic rings. The first kappa shape index (κ1) is 17.0. The van der Waals surface area contributed by atoms with E-state index in [1.807, 2.05) is 6.07 Å². The van der Waals surface area contributed by atoms with Crippen molar-refractivity contribution in [3.8, 4) is 11.8 Å². The zero-order valence-corrected chi connectivity index (χ0v) is 13.3. The van der Waals surface area contributed by atoms with Gasteiger partial charge in [-0.2, -0.15) is 5.26 Å². The van der Waals surface area contributed by atoms with Crippen LogP contribution in [0, 0.1) is 11.3 Å². The Balaban J connectivity index is 1.95. The van der Waals surface area contributed by atoms with Crippen LogP contribution in [-0.2, 0) is 9.53 Å². The van der Waals surface area contributed by atoms with Crippen LogP contribution in [0.4, 0.5) is 5.69 Å². The Hall–Kier alpha value is -3.33. The number of amides is 1. The monoisotopic (exact) mass is 324 g/mol. The van der Waals surface area contributed by atoms with Gasteiger partial charge in [-0.05, 0) is 55.5 Å². The Morgan fingerprint density at radius 1 is 1.08 bits per heavy atom. The van der Waals surface area contributed by atoms with Crippen LogP contribution in [0.2, 0.25) is 0 Å². The average Bonchev–Trinajstić information content (AvgIpc) is 2.62. The van der Waals surface area contributed by atoms with Crippen LogP contribution < -0.4 is 10.1 Å². The summed E-state index contributed by atoms with van der Waals surface area (Å²) in [6.07, 6.45) is -0.724. The molecule has 0 bridgehead atoms. The fourth-order valence-corrected chi connectivity index (χ4v) is 1.92. The normalized spacial score (nSPS) is 11.0. The lowest BCUT2D eigenvalue weighted by Crippen LogP contribution is -2.30. The largest absolute Gasteiger partial charge is 0.481 e. The molecule has 1 N–H and O–H groups in total. The molecule has 0 aliphatic carbocycles. The maximum atomic E-state index is 12.1. The Kier molecular flexibility index (Phi) is 5.53. The smallest absolute Gasteiger partial charge is 0.337 e. The van der Waals surface area contributed by atoms with Crippen molar-refractivity contribution in [2.75, 3.05) is 12.4 Å². The molecule has 1 amide bonds. The summed E-state index contributed by atoms with van der Waals surface area (Å²) in [5.41, 5.74) is 1.46. The summed E-state index contributed by atoms with van der Waals surface area (Å²) >= 11 is 0. The van der Waals surface area contributed by atoms with Crippen LogP contribution in [0.15, 0.2) is 48.5 Å². The number of anilines is 1. The molecule has 2 rings (SSSR count). The van der Waals surface area contributed by atoms with Crippen LogP contribution in [-0.4, -0.2) is 25.1 Å². The first-order valence-electron chi connectivity index (χ1n) is 7.19. The minimum Gasteiger partial charge on any atom is -0.481 e. The van der Waals surface area contributed by atoms with E-state index in [0.29, 0.717) is 22.6 Å². The molecule has 0 heterocycles. The van der Waals surface area contributed by atoms with Gasteiger partial charge < -0.3 is 14.8 Å². The van der Waals surface area contributed by atoms with Gasteiger partial charge in [0.25, 0.3) is 5.91 Å². The molecule has 6 heteroatoms. The third-order valence-electron chi connectivity index (χ3n) is 3.24. The standard InChI is InChI=1S/C18H16N2O4/c1-12(24-16-9-3-13(11-19)4-10-16)17(21)20-15-7-5-14(6-8-15)18(22)23-2/h3-10,12H,1-2H3,(H,20,21)/t12-/m1/s1. The quantitative estimate of drug-likeness (QED) is 0.854. The number of carbonyl (C=O) groups is 2. The van der Waals surface area contributed by atoms with Gasteiger partial charge in [-0.3, -0.25) is 4.79 Å². The van der Waals surface area contributed by atoms with Crippen molar-refractivity contribution in [3.05, 3.63) is 59.7 Å². The van der Waals surface area contributed by atoms with Gasteiger partial charge in [0.2, 0.25) is 0 Å². The van der Waals surface area contributed by atoms with Crippen LogP contribution >= 0.6 is 0 Å². The van der Waals surface area contributed by atoms with Gasteiger partial charge in [0.15, 0.2) is 6.10 Å². The van der Waals surface area contributed by atoms with E-state index >= 15 is 0 Å². The van der Waals surface area contributed by atoms with Crippen LogP contribution in [0.1, 0.15) is 22.8 Å². The molecular weight excluding hydrogens is 308 g/mol. The number of esters is 1. The first-order chi connectivity index (χ1) is 11.5. The van der Waals surface area contributed by atoms with E-state index in [1.165, 1.54) is 7.11 Å². The summed E-state index contributed by atoms with van der Waals surface area (Å²) in [5, 5.41) is 11.4. The van der Waals surface area contributed by atoms with Gasteiger partial charge >= 0.3 is 5.97 Å². The lowest BCUT2D eigenvalue weighted by atomic mass is 10.2. The van der Waals surface area contributed by atoms with Crippen molar-refractivity contribution in [2.24, 2.45) is 0 Å². The number of carbonyl (C=O) groups excluding carboxylic acids is 2. The van der Waals surface area contributed by atoms with Crippen molar-refractivity contribution in [3.63, 3.8) is 0 Å². The Bertz CT molecular complexity index is 761. The van der Waals surface area contributed by atoms with Gasteiger partial charge in [-0.15, -0.1) is 0 Å². The van der Waals surface area contributed by atoms with Crippen molar-refractivity contribution < 1.29 is 19.1 Å². The Morgan fingerprint density at radius 3 is 2.25 bits per heavy atom. The lowest BCUT2D eigenvalue weighted by Gasteiger charge is -2.15. The number of ether oxygens (including phenoxy) is 2. The summed E-state index contributed by atoms with van der Waals surface area (Å²) in [6, 6.07) is 14.9. The van der Waals surface area contributed by atoms with E-state index in [4.69, 9.17) is 10.00 Å². The number of nitriles is 1. The highest BCUT2D eigenvalue weighted by Crippen LogP contribution is 2.15. The molecule has 24 heavy (non-hydrogen) atoms. The van der Waals surface area contributed by atoms with Gasteiger partial charge in [-0.25, -0.2) is 4.79 Å². The second-order valence-electron chi connectivity index (χ2n) is 4.95. The molecule has 6 nitrogen and oxygen atoms in total. The fraction of sp³-hybridized carbons (Fsp3) is 0.167. The molecule has 0 saturated heterocycles. The minimum absolute atomic E-state index is 0.329. The van der Waals surface area contributed by atoms with E-state index in [9.17, 15) is 9.59 Å². The third kappa shape index (κ3) is 4.34. The van der Waals surface area contributed by atoms with Gasteiger partial charge in [0, 0.05) is 5.69 Å². The molecule has 0 fully saturated rings. The molecule has 0 unspecified atom stereocenters. The fourth-order valence-electron chi connectivity index (χ4n) is 1.92. The van der Waals surface area contributed by atoms with E-state index in [1.54, 1.807) is 55.5 Å². The number of methoxy groups -OCH3 is 1. The molecule has 0 radical (unpaired) electrons. The zero-order valence-electron chi connectivity index (χ0n) is 13.3. The van der Waals surface area contributed by atoms with Crippen molar-refractivity contribution >= 4 is 17.6 Å². The third-order valence-corrected chi connectivity index (χ3v) is 3.24. The highest BCUT2D eigenvalue weighted by atomic mass is 16.5. The molecule has 0 saturated carbocycles. The summed E-state index contributed by atoms with van der Waals surface area (Å²) in [4.78, 5) is 23.5. The summed E-state index contributed by atoms with van der Waals surface area (Å²) in [6.45, 7) is 1.62. The maximum Gasteiger partial charge on any atom is 0.337 e. The van der Waals surface area contributed by atoms with Crippen molar-refractivity contribution in [1.29, 1.82) is 5.26 Å².